The van der Waals surface area contributed by atoms with Crippen molar-refractivity contribution in [3.63, 3.8) is 0 Å². The van der Waals surface area contributed by atoms with Crippen molar-refractivity contribution in [2.24, 2.45) is 7.05 Å². The van der Waals surface area contributed by atoms with Crippen LogP contribution in [0.15, 0.2) is 23.0 Å². The molecule has 0 saturated carbocycles. The van der Waals surface area contributed by atoms with E-state index in [1.165, 1.54) is 10.6 Å². The molecule has 0 saturated heterocycles. The Morgan fingerprint density at radius 3 is 2.69 bits per heavy atom. The van der Waals surface area contributed by atoms with E-state index in [0.717, 1.165) is 5.82 Å². The van der Waals surface area contributed by atoms with Gasteiger partial charge in [0.2, 0.25) is 0 Å². The van der Waals surface area contributed by atoms with Crippen molar-refractivity contribution in [3.8, 4) is 5.75 Å². The molecule has 84 valence electrons. The van der Waals surface area contributed by atoms with Gasteiger partial charge in [-0.15, -0.1) is 0 Å². The Balaban J connectivity index is 2.86. The number of anilines is 1. The van der Waals surface area contributed by atoms with Gasteiger partial charge < -0.3 is 10.0 Å². The standard InChI is InChI=1S/C11H13N3O2/c1-13(2)9-5-4-7-8(15)6-10(16)14(3)11(7)12-9/h4-6,15H,1-3H3. The molecule has 16 heavy (non-hydrogen) atoms. The van der Waals surface area contributed by atoms with Gasteiger partial charge in [0.05, 0.1) is 5.39 Å². The summed E-state index contributed by atoms with van der Waals surface area (Å²) in [5, 5.41) is 10.2. The Labute approximate surface area is 92.6 Å². The van der Waals surface area contributed by atoms with Gasteiger partial charge in [0.1, 0.15) is 17.2 Å². The van der Waals surface area contributed by atoms with Gasteiger partial charge in [0.15, 0.2) is 0 Å². The number of nitrogens with zero attached hydrogens (tertiary/aromatic N) is 3. The summed E-state index contributed by atoms with van der Waals surface area (Å²) in [4.78, 5) is 17.7. The predicted molar refractivity (Wildman–Crippen MR) is 63.0 cm³/mol. The smallest absolute Gasteiger partial charge is 0.255 e. The Morgan fingerprint density at radius 1 is 1.38 bits per heavy atom. The van der Waals surface area contributed by atoms with Crippen LogP contribution in [0.5, 0.6) is 5.75 Å². The molecule has 0 aliphatic heterocycles. The van der Waals surface area contributed by atoms with Crippen LogP contribution in [0.3, 0.4) is 0 Å². The van der Waals surface area contributed by atoms with Gasteiger partial charge >= 0.3 is 0 Å². The Kier molecular flexibility index (Phi) is 2.30. The second-order valence-corrected chi connectivity index (χ2v) is 3.86. The van der Waals surface area contributed by atoms with Gasteiger partial charge in [-0.1, -0.05) is 0 Å². The van der Waals surface area contributed by atoms with Crippen LogP contribution in [-0.4, -0.2) is 28.8 Å². The fraction of sp³-hybridized carbons (Fsp3) is 0.273. The molecule has 0 radical (unpaired) electrons. The average Bonchev–Trinajstić information content (AvgIpc) is 2.25. The molecule has 0 fully saturated rings. The molecule has 0 atom stereocenters. The maximum Gasteiger partial charge on any atom is 0.255 e. The van der Waals surface area contributed by atoms with E-state index in [2.05, 4.69) is 4.98 Å². The summed E-state index contributed by atoms with van der Waals surface area (Å²) in [5.74, 6) is 0.712. The summed E-state index contributed by atoms with van der Waals surface area (Å²) in [7, 11) is 5.38. The van der Waals surface area contributed by atoms with Crippen LogP contribution in [0.4, 0.5) is 5.82 Å². The normalized spacial score (nSPS) is 10.7. The van der Waals surface area contributed by atoms with Crippen molar-refractivity contribution >= 4 is 16.9 Å². The second-order valence-electron chi connectivity index (χ2n) is 3.86. The molecule has 0 amide bonds. The number of aryl methyl sites for hydroxylation is 1. The predicted octanol–water partition coefficient (Wildman–Crippen LogP) is 0.705. The molecule has 0 unspecified atom stereocenters. The molecule has 2 aromatic rings. The number of pyridine rings is 2. The van der Waals surface area contributed by atoms with E-state index < -0.39 is 0 Å². The van der Waals surface area contributed by atoms with Gasteiger partial charge in [0.25, 0.3) is 5.56 Å². The second kappa shape index (κ2) is 3.52. The number of fused-ring (bicyclic) bond motifs is 1. The van der Waals surface area contributed by atoms with Crippen LogP contribution in [0, 0.1) is 0 Å². The van der Waals surface area contributed by atoms with Crippen LogP contribution in [0.1, 0.15) is 0 Å². The van der Waals surface area contributed by atoms with Crippen LogP contribution >= 0.6 is 0 Å². The number of aromatic hydroxyl groups is 1. The maximum absolute atomic E-state index is 11.5. The van der Waals surface area contributed by atoms with Gasteiger partial charge in [-0.25, -0.2) is 4.98 Å². The fourth-order valence-corrected chi connectivity index (χ4v) is 1.54. The average molecular weight is 219 g/mol. The summed E-state index contributed by atoms with van der Waals surface area (Å²) in [5.41, 5.74) is 0.213. The zero-order valence-electron chi connectivity index (χ0n) is 9.43. The van der Waals surface area contributed by atoms with Crippen molar-refractivity contribution < 1.29 is 5.11 Å². The van der Waals surface area contributed by atoms with Crippen molar-refractivity contribution in [2.75, 3.05) is 19.0 Å². The molecule has 2 aromatic heterocycles. The zero-order chi connectivity index (χ0) is 11.9. The van der Waals surface area contributed by atoms with Crippen molar-refractivity contribution in [1.82, 2.24) is 9.55 Å². The molecule has 2 heterocycles. The molecule has 0 aliphatic carbocycles. The van der Waals surface area contributed by atoms with Gasteiger partial charge in [0, 0.05) is 27.2 Å². The van der Waals surface area contributed by atoms with Gasteiger partial charge in [-0.3, -0.25) is 9.36 Å². The van der Waals surface area contributed by atoms with E-state index in [0.29, 0.717) is 11.0 Å². The first-order chi connectivity index (χ1) is 7.50. The number of hydrogen-bond acceptors (Lipinski definition) is 4. The lowest BCUT2D eigenvalue weighted by Crippen LogP contribution is -2.18. The Morgan fingerprint density at radius 2 is 2.06 bits per heavy atom. The highest BCUT2D eigenvalue weighted by molar-refractivity contribution is 5.83. The first-order valence-corrected chi connectivity index (χ1v) is 4.88. The molecule has 5 heteroatoms. The molecule has 5 nitrogen and oxygen atoms in total. The number of rotatable bonds is 1. The monoisotopic (exact) mass is 219 g/mol. The zero-order valence-corrected chi connectivity index (χ0v) is 9.43. The first kappa shape index (κ1) is 10.5. The van der Waals surface area contributed by atoms with E-state index >= 15 is 0 Å². The highest BCUT2D eigenvalue weighted by atomic mass is 16.3. The van der Waals surface area contributed by atoms with E-state index in [1.807, 2.05) is 19.0 Å². The largest absolute Gasteiger partial charge is 0.507 e. The van der Waals surface area contributed by atoms with E-state index in [1.54, 1.807) is 19.2 Å². The van der Waals surface area contributed by atoms with Crippen LogP contribution < -0.4 is 10.5 Å². The van der Waals surface area contributed by atoms with Crippen LogP contribution in [0.25, 0.3) is 11.0 Å². The van der Waals surface area contributed by atoms with E-state index in [4.69, 9.17) is 0 Å². The molecule has 2 rings (SSSR count). The van der Waals surface area contributed by atoms with Crippen LogP contribution in [-0.2, 0) is 7.05 Å². The molecular weight excluding hydrogens is 206 g/mol. The summed E-state index contributed by atoms with van der Waals surface area (Å²) in [6, 6.07) is 4.75. The lowest BCUT2D eigenvalue weighted by molar-refractivity contribution is 0.479. The molecular formula is C11H13N3O2. The minimum Gasteiger partial charge on any atom is -0.507 e. The minimum absolute atomic E-state index is 0.0316. The summed E-state index contributed by atoms with van der Waals surface area (Å²) < 4.78 is 1.42. The lowest BCUT2D eigenvalue weighted by Gasteiger charge is -2.13. The van der Waals surface area contributed by atoms with Crippen molar-refractivity contribution in [3.05, 3.63) is 28.6 Å². The molecule has 0 spiro atoms. The molecule has 0 aliphatic rings. The highest BCUT2D eigenvalue weighted by Crippen LogP contribution is 2.22. The Bertz CT molecular complexity index is 602. The number of aromatic nitrogens is 2. The third-order valence-electron chi connectivity index (χ3n) is 2.50. The molecule has 1 N–H and O–H groups in total. The maximum atomic E-state index is 11.5. The quantitative estimate of drug-likeness (QED) is 0.767. The topological polar surface area (TPSA) is 58.4 Å². The first-order valence-electron chi connectivity index (χ1n) is 4.88. The number of hydrogen-bond donors (Lipinski definition) is 1. The van der Waals surface area contributed by atoms with Crippen molar-refractivity contribution in [2.45, 2.75) is 0 Å². The van der Waals surface area contributed by atoms with Crippen molar-refractivity contribution in [1.29, 1.82) is 0 Å². The van der Waals surface area contributed by atoms with Gasteiger partial charge in [-0.05, 0) is 12.1 Å². The SMILES string of the molecule is CN(C)c1ccc2c(O)cc(=O)n(C)c2n1. The van der Waals surface area contributed by atoms with Crippen LogP contribution in [0.2, 0.25) is 0 Å². The third kappa shape index (κ3) is 1.50. The summed E-state index contributed by atoms with van der Waals surface area (Å²) >= 11 is 0. The molecule has 0 bridgehead atoms. The fourth-order valence-electron chi connectivity index (χ4n) is 1.54. The highest BCUT2D eigenvalue weighted by Gasteiger charge is 2.08. The lowest BCUT2D eigenvalue weighted by atomic mass is 10.2. The van der Waals surface area contributed by atoms with E-state index in [9.17, 15) is 9.90 Å². The van der Waals surface area contributed by atoms with E-state index in [-0.39, 0.29) is 11.3 Å². The summed E-state index contributed by atoms with van der Waals surface area (Å²) in [6.07, 6.45) is 0. The molecule has 0 aromatic carbocycles. The summed E-state index contributed by atoms with van der Waals surface area (Å²) in [6.45, 7) is 0. The Hall–Kier alpha value is -2.04. The van der Waals surface area contributed by atoms with Gasteiger partial charge in [-0.2, -0.15) is 0 Å². The third-order valence-corrected chi connectivity index (χ3v) is 2.50. The minimum atomic E-state index is -0.270.